The molecule has 0 aliphatic carbocycles. The molecule has 20 heavy (non-hydrogen) atoms. The summed E-state index contributed by atoms with van der Waals surface area (Å²) >= 11 is 1.66. The fourth-order valence-corrected chi connectivity index (χ4v) is 2.93. The molecule has 0 spiro atoms. The van der Waals surface area contributed by atoms with E-state index in [0.29, 0.717) is 6.54 Å². The highest BCUT2D eigenvalue weighted by atomic mass is 32.1. The fourth-order valence-electron chi connectivity index (χ4n) is 2.16. The van der Waals surface area contributed by atoms with Crippen molar-refractivity contribution in [3.05, 3.63) is 58.4 Å². The van der Waals surface area contributed by atoms with Crippen LogP contribution in [0, 0.1) is 6.92 Å². The van der Waals surface area contributed by atoms with E-state index in [4.69, 9.17) is 10.5 Å². The van der Waals surface area contributed by atoms with Crippen molar-refractivity contribution in [1.82, 2.24) is 4.98 Å². The Morgan fingerprint density at radius 2 is 2.10 bits per heavy atom. The first-order valence-electron chi connectivity index (χ1n) is 6.54. The second-order valence-electron chi connectivity index (χ2n) is 4.64. The first-order chi connectivity index (χ1) is 9.78. The Morgan fingerprint density at radius 1 is 1.20 bits per heavy atom. The molecule has 0 aliphatic heterocycles. The van der Waals surface area contributed by atoms with Gasteiger partial charge in [-0.15, -0.1) is 11.3 Å². The van der Waals surface area contributed by atoms with Crippen molar-refractivity contribution in [2.75, 3.05) is 6.54 Å². The van der Waals surface area contributed by atoms with Gasteiger partial charge in [0.1, 0.15) is 17.4 Å². The van der Waals surface area contributed by atoms with Gasteiger partial charge in [0.05, 0.1) is 0 Å². The molecule has 1 aromatic carbocycles. The van der Waals surface area contributed by atoms with E-state index in [2.05, 4.69) is 11.1 Å². The highest BCUT2D eigenvalue weighted by molar-refractivity contribution is 7.10. The molecule has 3 rings (SSSR count). The first-order valence-corrected chi connectivity index (χ1v) is 7.42. The number of para-hydroxylation sites is 1. The molecule has 0 fully saturated rings. The Balaban J connectivity index is 1.99. The van der Waals surface area contributed by atoms with E-state index < -0.39 is 0 Å². The molecule has 0 saturated heterocycles. The maximum absolute atomic E-state index is 6.10. The molecule has 4 heteroatoms. The van der Waals surface area contributed by atoms with Crippen molar-refractivity contribution in [3.8, 4) is 5.75 Å². The number of fused-ring (bicyclic) bond motifs is 1. The van der Waals surface area contributed by atoms with E-state index in [1.807, 2.05) is 48.7 Å². The Labute approximate surface area is 122 Å². The maximum atomic E-state index is 6.10. The molecule has 0 amide bonds. The number of hydrogen-bond donors (Lipinski definition) is 1. The average Bonchev–Trinajstić information content (AvgIpc) is 2.99. The van der Waals surface area contributed by atoms with Crippen molar-refractivity contribution < 1.29 is 4.74 Å². The SMILES string of the molecule is Cc1ccc2cccc(OC(CN)c3cccs3)c2n1. The van der Waals surface area contributed by atoms with E-state index >= 15 is 0 Å². The van der Waals surface area contributed by atoms with Gasteiger partial charge in [0.25, 0.3) is 0 Å². The minimum Gasteiger partial charge on any atom is -0.481 e. The Kier molecular flexibility index (Phi) is 3.67. The summed E-state index contributed by atoms with van der Waals surface area (Å²) in [5.41, 5.74) is 7.72. The smallest absolute Gasteiger partial charge is 0.146 e. The predicted octanol–water partition coefficient (Wildman–Crippen LogP) is 3.68. The van der Waals surface area contributed by atoms with Gasteiger partial charge in [-0.3, -0.25) is 0 Å². The standard InChI is InChI=1S/C16H16N2OS/c1-11-7-8-12-4-2-5-13(16(12)18-11)19-14(10-17)15-6-3-9-20-15/h2-9,14H,10,17H2,1H3. The third-order valence-electron chi connectivity index (χ3n) is 3.17. The fraction of sp³-hybridized carbons (Fsp3) is 0.188. The summed E-state index contributed by atoms with van der Waals surface area (Å²) in [6, 6.07) is 14.1. The Morgan fingerprint density at radius 3 is 2.85 bits per heavy atom. The van der Waals surface area contributed by atoms with E-state index in [1.54, 1.807) is 11.3 Å². The molecule has 3 aromatic rings. The second-order valence-corrected chi connectivity index (χ2v) is 5.62. The van der Waals surface area contributed by atoms with Gasteiger partial charge in [0.15, 0.2) is 0 Å². The summed E-state index contributed by atoms with van der Waals surface area (Å²) in [5.74, 6) is 0.787. The number of hydrogen-bond acceptors (Lipinski definition) is 4. The largest absolute Gasteiger partial charge is 0.481 e. The van der Waals surface area contributed by atoms with Gasteiger partial charge in [-0.1, -0.05) is 24.3 Å². The van der Waals surface area contributed by atoms with Crippen LogP contribution in [0.1, 0.15) is 16.7 Å². The van der Waals surface area contributed by atoms with Crippen LogP contribution in [-0.2, 0) is 0 Å². The molecule has 1 unspecified atom stereocenters. The zero-order valence-electron chi connectivity index (χ0n) is 11.2. The third-order valence-corrected chi connectivity index (χ3v) is 4.13. The predicted molar refractivity (Wildman–Crippen MR) is 83.2 cm³/mol. The zero-order valence-corrected chi connectivity index (χ0v) is 12.1. The number of aryl methyl sites for hydroxylation is 1. The highest BCUT2D eigenvalue weighted by Gasteiger charge is 2.14. The number of benzene rings is 1. The van der Waals surface area contributed by atoms with Gasteiger partial charge in [-0.25, -0.2) is 4.98 Å². The first kappa shape index (κ1) is 13.1. The van der Waals surface area contributed by atoms with Crippen LogP contribution in [-0.4, -0.2) is 11.5 Å². The maximum Gasteiger partial charge on any atom is 0.146 e. The number of pyridine rings is 1. The summed E-state index contributed by atoms with van der Waals surface area (Å²) in [6.07, 6.45) is -0.122. The van der Waals surface area contributed by atoms with Crippen LogP contribution in [0.2, 0.25) is 0 Å². The lowest BCUT2D eigenvalue weighted by Crippen LogP contribution is -2.17. The molecule has 2 aromatic heterocycles. The molecule has 0 bridgehead atoms. The lowest BCUT2D eigenvalue weighted by molar-refractivity contribution is 0.220. The summed E-state index contributed by atoms with van der Waals surface area (Å²) in [5, 5.41) is 3.11. The van der Waals surface area contributed by atoms with Crippen LogP contribution in [0.3, 0.4) is 0 Å². The van der Waals surface area contributed by atoms with E-state index in [-0.39, 0.29) is 6.10 Å². The molecule has 0 radical (unpaired) electrons. The summed E-state index contributed by atoms with van der Waals surface area (Å²) in [4.78, 5) is 5.72. The molecule has 3 nitrogen and oxygen atoms in total. The van der Waals surface area contributed by atoms with Crippen molar-refractivity contribution in [2.45, 2.75) is 13.0 Å². The number of rotatable bonds is 4. The van der Waals surface area contributed by atoms with Crippen LogP contribution < -0.4 is 10.5 Å². The van der Waals surface area contributed by atoms with E-state index in [0.717, 1.165) is 27.2 Å². The molecular formula is C16H16N2OS. The normalized spacial score (nSPS) is 12.5. The lowest BCUT2D eigenvalue weighted by atomic mass is 10.2. The number of nitrogens with zero attached hydrogens (tertiary/aromatic N) is 1. The molecular weight excluding hydrogens is 268 g/mol. The molecule has 2 heterocycles. The van der Waals surface area contributed by atoms with Crippen molar-refractivity contribution in [3.63, 3.8) is 0 Å². The summed E-state index contributed by atoms with van der Waals surface area (Å²) in [6.45, 7) is 2.43. The van der Waals surface area contributed by atoms with Gasteiger partial charge < -0.3 is 10.5 Å². The molecule has 1 atom stereocenters. The van der Waals surface area contributed by atoms with Crippen LogP contribution in [0.5, 0.6) is 5.75 Å². The number of nitrogens with two attached hydrogens (primary N) is 1. The minimum absolute atomic E-state index is 0.122. The van der Waals surface area contributed by atoms with E-state index in [9.17, 15) is 0 Å². The molecule has 0 aliphatic rings. The molecule has 2 N–H and O–H groups in total. The third kappa shape index (κ3) is 2.53. The Bertz CT molecular complexity index is 710. The highest BCUT2D eigenvalue weighted by Crippen LogP contribution is 2.29. The second kappa shape index (κ2) is 5.61. The van der Waals surface area contributed by atoms with Gasteiger partial charge in [0.2, 0.25) is 0 Å². The van der Waals surface area contributed by atoms with Crippen LogP contribution in [0.4, 0.5) is 0 Å². The molecule has 0 saturated carbocycles. The Hall–Kier alpha value is -1.91. The van der Waals surface area contributed by atoms with E-state index in [1.165, 1.54) is 0 Å². The quantitative estimate of drug-likeness (QED) is 0.795. The van der Waals surface area contributed by atoms with Crippen molar-refractivity contribution >= 4 is 22.2 Å². The monoisotopic (exact) mass is 284 g/mol. The van der Waals surface area contributed by atoms with Crippen LogP contribution in [0.25, 0.3) is 10.9 Å². The zero-order chi connectivity index (χ0) is 13.9. The van der Waals surface area contributed by atoms with Crippen LogP contribution >= 0.6 is 11.3 Å². The van der Waals surface area contributed by atoms with Gasteiger partial charge in [0, 0.05) is 22.5 Å². The van der Waals surface area contributed by atoms with Gasteiger partial charge >= 0.3 is 0 Å². The topological polar surface area (TPSA) is 48.1 Å². The average molecular weight is 284 g/mol. The molecule has 102 valence electrons. The van der Waals surface area contributed by atoms with Crippen molar-refractivity contribution in [1.29, 1.82) is 0 Å². The van der Waals surface area contributed by atoms with Crippen molar-refractivity contribution in [2.24, 2.45) is 5.73 Å². The summed E-state index contributed by atoms with van der Waals surface area (Å²) in [7, 11) is 0. The van der Waals surface area contributed by atoms with Gasteiger partial charge in [-0.05, 0) is 30.5 Å². The lowest BCUT2D eigenvalue weighted by Gasteiger charge is -2.17. The number of ether oxygens (including phenoxy) is 1. The van der Waals surface area contributed by atoms with Gasteiger partial charge in [-0.2, -0.15) is 0 Å². The summed E-state index contributed by atoms with van der Waals surface area (Å²) < 4.78 is 6.10. The minimum atomic E-state index is -0.122. The number of thiophene rings is 1. The van der Waals surface area contributed by atoms with Crippen LogP contribution in [0.15, 0.2) is 47.8 Å². The number of aromatic nitrogens is 1.